The van der Waals surface area contributed by atoms with Gasteiger partial charge in [-0.15, -0.1) is 0 Å². The normalized spacial score (nSPS) is 15.2. The maximum absolute atomic E-state index is 6.29. The van der Waals surface area contributed by atoms with E-state index in [-0.39, 0.29) is 5.04 Å². The van der Waals surface area contributed by atoms with Gasteiger partial charge in [0.05, 0.1) is 0 Å². The Morgan fingerprint density at radius 3 is 2.60 bits per heavy atom. The van der Waals surface area contributed by atoms with Crippen molar-refractivity contribution >= 4 is 29.8 Å². The largest absolute Gasteiger partial charge is 0.416 e. The fourth-order valence-corrected chi connectivity index (χ4v) is 3.85. The van der Waals surface area contributed by atoms with Gasteiger partial charge in [0.1, 0.15) is 0 Å². The van der Waals surface area contributed by atoms with Gasteiger partial charge in [0.2, 0.25) is 0 Å². The van der Waals surface area contributed by atoms with Crippen LogP contribution < -0.4 is 0 Å². The van der Waals surface area contributed by atoms with Gasteiger partial charge in [-0.05, 0) is 53.7 Å². The van der Waals surface area contributed by atoms with Gasteiger partial charge in [0, 0.05) is 11.1 Å². The van der Waals surface area contributed by atoms with Gasteiger partial charge in [-0.2, -0.15) is 0 Å². The van der Waals surface area contributed by atoms with Crippen LogP contribution in [0, 0.1) is 0 Å². The summed E-state index contributed by atoms with van der Waals surface area (Å²) in [5.41, 5.74) is 4.27. The molecule has 110 valence electrons. The van der Waals surface area contributed by atoms with Crippen LogP contribution in [0.2, 0.25) is 18.1 Å². The Bertz CT molecular complexity index is 526. The Morgan fingerprint density at radius 1 is 1.25 bits per heavy atom. The highest BCUT2D eigenvalue weighted by Gasteiger charge is 2.36. The van der Waals surface area contributed by atoms with Crippen molar-refractivity contribution in [3.8, 4) is 0 Å². The third kappa shape index (κ3) is 3.26. The molecule has 0 unspecified atom stereocenters. The molecule has 0 amide bonds. The van der Waals surface area contributed by atoms with Crippen LogP contribution >= 0.6 is 15.9 Å². The molecule has 0 radical (unpaired) electrons. The lowest BCUT2D eigenvalue weighted by atomic mass is 10.0. The van der Waals surface area contributed by atoms with E-state index in [1.54, 1.807) is 0 Å². The Hall–Kier alpha value is -0.383. The van der Waals surface area contributed by atoms with Crippen LogP contribution in [0.4, 0.5) is 0 Å². The summed E-state index contributed by atoms with van der Waals surface area (Å²) in [5, 5.41) is 0.290. The number of hydrogen-bond donors (Lipinski definition) is 0. The van der Waals surface area contributed by atoms with E-state index >= 15 is 0 Å². The van der Waals surface area contributed by atoms with E-state index in [4.69, 9.17) is 4.43 Å². The monoisotopic (exact) mass is 352 g/mol. The quantitative estimate of drug-likeness (QED) is 0.622. The highest BCUT2D eigenvalue weighted by atomic mass is 79.9. The molecule has 0 bridgehead atoms. The predicted molar refractivity (Wildman–Crippen MR) is 93.6 cm³/mol. The molecule has 0 saturated heterocycles. The molecule has 0 aliphatic heterocycles. The summed E-state index contributed by atoms with van der Waals surface area (Å²) in [7, 11) is -1.62. The Morgan fingerprint density at radius 2 is 1.95 bits per heavy atom. The zero-order valence-corrected chi connectivity index (χ0v) is 15.8. The van der Waals surface area contributed by atoms with Crippen LogP contribution in [0.25, 0.3) is 5.57 Å². The molecule has 1 aliphatic carbocycles. The molecule has 0 atom stereocenters. The molecule has 0 heterocycles. The lowest BCUT2D eigenvalue weighted by molar-refractivity contribution is 0.296. The maximum atomic E-state index is 6.29. The third-order valence-electron chi connectivity index (χ3n) is 4.66. The standard InChI is InChI=1S/C17H25BrOSi/c1-17(2,3)20(4,5)19-12-11-13-9-10-15-14(13)7-6-8-16(15)18/h6-9H,10-12H2,1-5H3. The SMILES string of the molecule is CC(C)(C)[Si](C)(C)OCCC1=CCc2c(Br)cccc21. The lowest BCUT2D eigenvalue weighted by Gasteiger charge is -2.36. The van der Waals surface area contributed by atoms with Crippen LogP contribution in [0.5, 0.6) is 0 Å². The minimum atomic E-state index is -1.62. The average molecular weight is 353 g/mol. The first-order valence-electron chi connectivity index (χ1n) is 7.33. The second-order valence-corrected chi connectivity index (χ2v) is 12.7. The number of rotatable bonds is 4. The van der Waals surface area contributed by atoms with Gasteiger partial charge in [0.15, 0.2) is 8.32 Å². The summed E-state index contributed by atoms with van der Waals surface area (Å²) in [5.74, 6) is 0. The molecular formula is C17H25BrOSi. The Kier molecular flexibility index (Phi) is 4.62. The Labute approximate surface area is 132 Å². The smallest absolute Gasteiger partial charge is 0.191 e. The summed E-state index contributed by atoms with van der Waals surface area (Å²) >= 11 is 3.64. The van der Waals surface area contributed by atoms with E-state index < -0.39 is 8.32 Å². The second-order valence-electron chi connectivity index (χ2n) is 7.06. The summed E-state index contributed by atoms with van der Waals surface area (Å²) in [6.45, 7) is 12.4. The Balaban J connectivity index is 1.97. The molecule has 1 aromatic rings. The molecule has 1 aromatic carbocycles. The van der Waals surface area contributed by atoms with Crippen molar-refractivity contribution in [2.45, 2.75) is 51.7 Å². The molecular weight excluding hydrogens is 328 g/mol. The first-order chi connectivity index (χ1) is 9.22. The van der Waals surface area contributed by atoms with E-state index in [9.17, 15) is 0 Å². The topological polar surface area (TPSA) is 9.23 Å². The molecule has 2 rings (SSSR count). The number of fused-ring (bicyclic) bond motifs is 1. The van der Waals surface area contributed by atoms with Crippen molar-refractivity contribution in [1.29, 1.82) is 0 Å². The molecule has 0 spiro atoms. The van der Waals surface area contributed by atoms with Crippen LogP contribution in [0.15, 0.2) is 28.7 Å². The van der Waals surface area contributed by atoms with Crippen molar-refractivity contribution in [2.75, 3.05) is 6.61 Å². The van der Waals surface area contributed by atoms with E-state index in [1.807, 2.05) is 0 Å². The zero-order valence-electron chi connectivity index (χ0n) is 13.2. The van der Waals surface area contributed by atoms with Crippen LogP contribution in [0.1, 0.15) is 38.3 Å². The fourth-order valence-electron chi connectivity index (χ4n) is 2.27. The van der Waals surface area contributed by atoms with E-state index in [0.717, 1.165) is 19.4 Å². The van der Waals surface area contributed by atoms with E-state index in [0.29, 0.717) is 0 Å². The molecule has 3 heteroatoms. The van der Waals surface area contributed by atoms with Gasteiger partial charge < -0.3 is 4.43 Å². The molecule has 0 saturated carbocycles. The highest BCUT2D eigenvalue weighted by molar-refractivity contribution is 9.10. The minimum Gasteiger partial charge on any atom is -0.416 e. The van der Waals surface area contributed by atoms with Crippen molar-refractivity contribution in [3.63, 3.8) is 0 Å². The molecule has 0 N–H and O–H groups in total. The highest BCUT2D eigenvalue weighted by Crippen LogP contribution is 2.38. The van der Waals surface area contributed by atoms with Crippen molar-refractivity contribution in [1.82, 2.24) is 0 Å². The van der Waals surface area contributed by atoms with Gasteiger partial charge in [-0.1, -0.05) is 54.9 Å². The average Bonchev–Trinajstić information content (AvgIpc) is 2.72. The lowest BCUT2D eigenvalue weighted by Crippen LogP contribution is -2.40. The molecule has 20 heavy (non-hydrogen) atoms. The summed E-state index contributed by atoms with van der Waals surface area (Å²) < 4.78 is 7.52. The van der Waals surface area contributed by atoms with Crippen LogP contribution in [0.3, 0.4) is 0 Å². The molecule has 1 nitrogen and oxygen atoms in total. The van der Waals surface area contributed by atoms with Crippen molar-refractivity contribution in [3.05, 3.63) is 39.9 Å². The third-order valence-corrected chi connectivity index (χ3v) is 9.94. The number of hydrogen-bond acceptors (Lipinski definition) is 1. The number of allylic oxidation sites excluding steroid dienone is 1. The summed E-state index contributed by atoms with van der Waals surface area (Å²) in [6, 6.07) is 6.48. The van der Waals surface area contributed by atoms with E-state index in [1.165, 1.54) is 21.2 Å². The van der Waals surface area contributed by atoms with Crippen molar-refractivity contribution < 1.29 is 4.43 Å². The van der Waals surface area contributed by atoms with Gasteiger partial charge in [0.25, 0.3) is 0 Å². The maximum Gasteiger partial charge on any atom is 0.191 e. The van der Waals surface area contributed by atoms with Crippen molar-refractivity contribution in [2.24, 2.45) is 0 Å². The van der Waals surface area contributed by atoms with E-state index in [2.05, 4.69) is 74.1 Å². The summed E-state index contributed by atoms with van der Waals surface area (Å²) in [4.78, 5) is 0. The summed E-state index contributed by atoms with van der Waals surface area (Å²) in [6.07, 6.45) is 4.42. The van der Waals surface area contributed by atoms with Gasteiger partial charge in [-0.25, -0.2) is 0 Å². The van der Waals surface area contributed by atoms with Crippen LogP contribution in [-0.2, 0) is 10.8 Å². The predicted octanol–water partition coefficient (Wildman–Crippen LogP) is 5.80. The first kappa shape index (κ1) is 16.0. The first-order valence-corrected chi connectivity index (χ1v) is 11.0. The zero-order chi connectivity index (χ0) is 15.0. The number of halogens is 1. The molecule has 0 fully saturated rings. The number of benzene rings is 1. The molecule has 1 aliphatic rings. The van der Waals surface area contributed by atoms with Gasteiger partial charge in [-0.3, -0.25) is 0 Å². The van der Waals surface area contributed by atoms with Gasteiger partial charge >= 0.3 is 0 Å². The second kappa shape index (κ2) is 5.78. The minimum absolute atomic E-state index is 0.290. The molecule has 0 aromatic heterocycles. The fraction of sp³-hybridized carbons (Fsp3) is 0.529. The van der Waals surface area contributed by atoms with Crippen LogP contribution in [-0.4, -0.2) is 14.9 Å².